The third kappa shape index (κ3) is 3.87. The average Bonchev–Trinajstić information content (AvgIpc) is 3.03. The Morgan fingerprint density at radius 1 is 1.27 bits per heavy atom. The molecule has 0 bridgehead atoms. The van der Waals surface area contributed by atoms with Crippen molar-refractivity contribution in [2.45, 2.75) is 20.0 Å². The molecule has 1 unspecified atom stereocenters. The van der Waals surface area contributed by atoms with Crippen LogP contribution in [0.15, 0.2) is 48.7 Å². The number of benzene rings is 1. The summed E-state index contributed by atoms with van der Waals surface area (Å²) in [5.74, 6) is 0.0428. The number of pyridine rings is 1. The highest BCUT2D eigenvalue weighted by Crippen LogP contribution is 2.31. The highest BCUT2D eigenvalue weighted by atomic mass is 32.1. The van der Waals surface area contributed by atoms with Crippen LogP contribution in [0.1, 0.15) is 18.2 Å². The van der Waals surface area contributed by atoms with Crippen molar-refractivity contribution in [1.82, 2.24) is 9.97 Å². The van der Waals surface area contributed by atoms with Gasteiger partial charge in [-0.2, -0.15) is 5.26 Å². The first kappa shape index (κ1) is 17.6. The van der Waals surface area contributed by atoms with Crippen molar-refractivity contribution in [2.75, 3.05) is 5.32 Å². The van der Waals surface area contributed by atoms with Crippen molar-refractivity contribution >= 4 is 22.4 Å². The van der Waals surface area contributed by atoms with Crippen LogP contribution in [0, 0.1) is 18.3 Å². The summed E-state index contributed by atoms with van der Waals surface area (Å²) in [5.41, 5.74) is 2.00. The molecule has 0 aliphatic rings. The van der Waals surface area contributed by atoms with Crippen molar-refractivity contribution in [1.29, 1.82) is 5.26 Å². The molecule has 0 saturated heterocycles. The monoisotopic (exact) mass is 364 g/mol. The van der Waals surface area contributed by atoms with E-state index in [0.717, 1.165) is 16.3 Å². The van der Waals surface area contributed by atoms with Crippen LogP contribution >= 0.6 is 11.3 Å². The second-order valence-electron chi connectivity index (χ2n) is 5.51. The van der Waals surface area contributed by atoms with E-state index in [4.69, 9.17) is 10.00 Å². The van der Waals surface area contributed by atoms with E-state index in [1.54, 1.807) is 37.4 Å². The molecule has 1 aromatic carbocycles. The number of nitrogens with zero attached hydrogens (tertiary/aromatic N) is 3. The molecule has 0 fully saturated rings. The van der Waals surface area contributed by atoms with Crippen molar-refractivity contribution in [3.8, 4) is 22.4 Å². The molecule has 26 heavy (non-hydrogen) atoms. The maximum atomic E-state index is 12.4. The minimum Gasteiger partial charge on any atom is -0.480 e. The first-order valence-corrected chi connectivity index (χ1v) is 8.75. The minimum atomic E-state index is -0.771. The number of aryl methyl sites for hydroxylation is 1. The first-order chi connectivity index (χ1) is 12.6. The van der Waals surface area contributed by atoms with Crippen LogP contribution in [-0.4, -0.2) is 22.0 Å². The van der Waals surface area contributed by atoms with E-state index in [9.17, 15) is 4.79 Å². The maximum absolute atomic E-state index is 12.4. The third-order valence-corrected chi connectivity index (χ3v) is 4.70. The summed E-state index contributed by atoms with van der Waals surface area (Å²) in [7, 11) is 0. The molecule has 0 radical (unpaired) electrons. The Labute approximate surface area is 155 Å². The van der Waals surface area contributed by atoms with E-state index in [1.807, 2.05) is 31.2 Å². The van der Waals surface area contributed by atoms with E-state index in [-0.39, 0.29) is 5.91 Å². The Hall–Kier alpha value is -3.24. The maximum Gasteiger partial charge on any atom is 0.266 e. The molecule has 1 atom stereocenters. The number of amides is 1. The van der Waals surface area contributed by atoms with Gasteiger partial charge in [0.1, 0.15) is 11.8 Å². The van der Waals surface area contributed by atoms with Gasteiger partial charge in [-0.3, -0.25) is 15.1 Å². The SMILES string of the molecule is Cc1nc(NC(=O)C(C)Oc2ccccc2C#N)sc1-c1ccccn1. The summed E-state index contributed by atoms with van der Waals surface area (Å²) in [5, 5.41) is 12.3. The predicted octanol–water partition coefficient (Wildman–Crippen LogP) is 3.79. The van der Waals surface area contributed by atoms with Crippen molar-refractivity contribution in [3.63, 3.8) is 0 Å². The fourth-order valence-electron chi connectivity index (χ4n) is 2.30. The fourth-order valence-corrected chi connectivity index (χ4v) is 3.24. The Balaban J connectivity index is 1.71. The molecule has 2 aromatic heterocycles. The van der Waals surface area contributed by atoms with Crippen LogP contribution < -0.4 is 10.1 Å². The molecule has 0 spiro atoms. The number of ether oxygens (including phenoxy) is 1. The van der Waals surface area contributed by atoms with Gasteiger partial charge in [0.05, 0.1) is 21.8 Å². The third-order valence-electron chi connectivity index (χ3n) is 3.60. The summed E-state index contributed by atoms with van der Waals surface area (Å²) in [6.45, 7) is 3.50. The zero-order valence-corrected chi connectivity index (χ0v) is 15.1. The smallest absolute Gasteiger partial charge is 0.266 e. The van der Waals surface area contributed by atoms with Gasteiger partial charge in [-0.05, 0) is 38.1 Å². The number of anilines is 1. The average molecular weight is 364 g/mol. The summed E-state index contributed by atoms with van der Waals surface area (Å²) < 4.78 is 5.62. The number of thiazole rings is 1. The molecule has 130 valence electrons. The lowest BCUT2D eigenvalue weighted by Crippen LogP contribution is -2.30. The van der Waals surface area contributed by atoms with Crippen LogP contribution in [0.3, 0.4) is 0 Å². The second kappa shape index (κ2) is 7.76. The van der Waals surface area contributed by atoms with E-state index in [2.05, 4.69) is 15.3 Å². The number of hydrogen-bond acceptors (Lipinski definition) is 6. The predicted molar refractivity (Wildman–Crippen MR) is 100.0 cm³/mol. The lowest BCUT2D eigenvalue weighted by molar-refractivity contribution is -0.122. The zero-order chi connectivity index (χ0) is 18.5. The molecule has 6 nitrogen and oxygen atoms in total. The number of nitrogens with one attached hydrogen (secondary N) is 1. The Kier molecular flexibility index (Phi) is 5.25. The van der Waals surface area contributed by atoms with Gasteiger partial charge in [-0.25, -0.2) is 4.98 Å². The van der Waals surface area contributed by atoms with Crippen molar-refractivity contribution < 1.29 is 9.53 Å². The van der Waals surface area contributed by atoms with Crippen LogP contribution in [0.2, 0.25) is 0 Å². The number of rotatable bonds is 5. The van der Waals surface area contributed by atoms with Crippen LogP contribution in [0.4, 0.5) is 5.13 Å². The van der Waals surface area contributed by atoms with E-state index >= 15 is 0 Å². The lowest BCUT2D eigenvalue weighted by atomic mass is 10.2. The number of aromatic nitrogens is 2. The fraction of sp³-hybridized carbons (Fsp3) is 0.158. The molecule has 0 aliphatic carbocycles. The topological polar surface area (TPSA) is 87.9 Å². The van der Waals surface area contributed by atoms with Gasteiger partial charge in [-0.1, -0.05) is 29.5 Å². The molecule has 3 rings (SSSR count). The molecule has 0 saturated carbocycles. The van der Waals surface area contributed by atoms with Gasteiger partial charge in [-0.15, -0.1) is 0 Å². The molecule has 3 aromatic rings. The van der Waals surface area contributed by atoms with Gasteiger partial charge < -0.3 is 4.74 Å². The number of para-hydroxylation sites is 1. The molecule has 1 amide bonds. The van der Waals surface area contributed by atoms with Crippen LogP contribution in [0.5, 0.6) is 5.75 Å². The molecular weight excluding hydrogens is 348 g/mol. The normalized spacial score (nSPS) is 11.4. The highest BCUT2D eigenvalue weighted by molar-refractivity contribution is 7.19. The van der Waals surface area contributed by atoms with E-state index < -0.39 is 6.10 Å². The minimum absolute atomic E-state index is 0.334. The number of carbonyl (C=O) groups is 1. The summed E-state index contributed by atoms with van der Waals surface area (Å²) in [6.07, 6.45) is 0.946. The van der Waals surface area contributed by atoms with Gasteiger partial charge in [0, 0.05) is 6.20 Å². The zero-order valence-electron chi connectivity index (χ0n) is 14.3. The molecule has 7 heteroatoms. The Morgan fingerprint density at radius 2 is 2.04 bits per heavy atom. The highest BCUT2D eigenvalue weighted by Gasteiger charge is 2.19. The molecule has 1 N–H and O–H groups in total. The first-order valence-electron chi connectivity index (χ1n) is 7.94. The summed E-state index contributed by atoms with van der Waals surface area (Å²) in [4.78, 5) is 22.0. The van der Waals surface area contributed by atoms with E-state index in [0.29, 0.717) is 16.4 Å². The summed E-state index contributed by atoms with van der Waals surface area (Å²) in [6, 6.07) is 14.5. The number of hydrogen-bond donors (Lipinski definition) is 1. The van der Waals surface area contributed by atoms with Gasteiger partial charge in [0.15, 0.2) is 11.2 Å². The van der Waals surface area contributed by atoms with Crippen LogP contribution in [-0.2, 0) is 4.79 Å². The Bertz CT molecular complexity index is 963. The quantitative estimate of drug-likeness (QED) is 0.744. The van der Waals surface area contributed by atoms with Gasteiger partial charge >= 0.3 is 0 Å². The van der Waals surface area contributed by atoms with Crippen molar-refractivity contribution in [3.05, 3.63) is 59.9 Å². The summed E-state index contributed by atoms with van der Waals surface area (Å²) >= 11 is 1.36. The Morgan fingerprint density at radius 3 is 2.77 bits per heavy atom. The van der Waals surface area contributed by atoms with Crippen molar-refractivity contribution in [2.24, 2.45) is 0 Å². The second-order valence-corrected chi connectivity index (χ2v) is 6.50. The van der Waals surface area contributed by atoms with Gasteiger partial charge in [0.25, 0.3) is 5.91 Å². The molecule has 2 heterocycles. The largest absolute Gasteiger partial charge is 0.480 e. The number of nitriles is 1. The molecular formula is C19H16N4O2S. The van der Waals surface area contributed by atoms with Gasteiger partial charge in [0.2, 0.25) is 0 Å². The van der Waals surface area contributed by atoms with E-state index in [1.165, 1.54) is 11.3 Å². The standard InChI is InChI=1S/C19H16N4O2S/c1-12-17(15-8-5-6-10-21-15)26-19(22-12)23-18(24)13(2)25-16-9-4-3-7-14(16)11-20/h3-10,13H,1-2H3,(H,22,23,24). The van der Waals surface area contributed by atoms with Crippen LogP contribution in [0.25, 0.3) is 10.6 Å². The molecule has 0 aliphatic heterocycles. The number of carbonyl (C=O) groups excluding carboxylic acids is 1. The lowest BCUT2D eigenvalue weighted by Gasteiger charge is -2.14.